The number of hydrogen-bond acceptors (Lipinski definition) is 4. The zero-order valence-electron chi connectivity index (χ0n) is 13.8. The van der Waals surface area contributed by atoms with Crippen molar-refractivity contribution >= 4 is 34.2 Å². The smallest absolute Gasteiger partial charge is 0.286 e. The fourth-order valence-corrected chi connectivity index (χ4v) is 2.96. The van der Waals surface area contributed by atoms with Crippen molar-refractivity contribution < 1.29 is 13.9 Å². The topological polar surface area (TPSA) is 63.5 Å². The number of carbonyl (C=O) groups excluding carboxylic acids is 1. The molecule has 136 valence electrons. The van der Waals surface area contributed by atoms with Crippen molar-refractivity contribution in [3.8, 4) is 5.75 Å². The molecule has 1 unspecified atom stereocenters. The van der Waals surface area contributed by atoms with Crippen LogP contribution in [0.5, 0.6) is 5.75 Å². The molecule has 2 heterocycles. The molecule has 1 saturated heterocycles. The molecule has 1 aromatic heterocycles. The van der Waals surface area contributed by atoms with Crippen molar-refractivity contribution in [3.05, 3.63) is 52.4 Å². The van der Waals surface area contributed by atoms with Crippen LogP contribution in [0.4, 0.5) is 0 Å². The summed E-state index contributed by atoms with van der Waals surface area (Å²) >= 11 is 3.38. The summed E-state index contributed by atoms with van der Waals surface area (Å²) in [7, 11) is 0. The monoisotopic (exact) mass is 428 g/mol. The number of ether oxygens (including phenoxy) is 1. The lowest BCUT2D eigenvalue weighted by Gasteiger charge is -2.08. The molecule has 1 aromatic carbocycles. The Hall–Kier alpha value is -1.50. The number of nitrogens with one attached hydrogen (secondary N) is 2. The summed E-state index contributed by atoms with van der Waals surface area (Å²) in [6, 6.07) is 11.0. The van der Waals surface area contributed by atoms with E-state index in [-0.39, 0.29) is 18.3 Å². The molecular weight excluding hydrogens is 408 g/mol. The van der Waals surface area contributed by atoms with Gasteiger partial charge in [-0.25, -0.2) is 0 Å². The van der Waals surface area contributed by atoms with Crippen LogP contribution >= 0.6 is 28.3 Å². The van der Waals surface area contributed by atoms with Gasteiger partial charge in [0, 0.05) is 11.0 Å². The number of rotatable bonds is 7. The Morgan fingerprint density at radius 2 is 2.08 bits per heavy atom. The zero-order chi connectivity index (χ0) is 16.8. The molecule has 25 heavy (non-hydrogen) atoms. The second kappa shape index (κ2) is 9.85. The van der Waals surface area contributed by atoms with Crippen molar-refractivity contribution in [1.82, 2.24) is 10.6 Å². The fourth-order valence-electron chi connectivity index (χ4n) is 2.70. The first kappa shape index (κ1) is 19.8. The van der Waals surface area contributed by atoms with E-state index in [1.54, 1.807) is 12.1 Å². The third-order valence-electron chi connectivity index (χ3n) is 4.08. The molecule has 0 aliphatic carbocycles. The Balaban J connectivity index is 0.00000225. The molecule has 5 nitrogen and oxygen atoms in total. The van der Waals surface area contributed by atoms with Gasteiger partial charge in [-0.3, -0.25) is 4.79 Å². The summed E-state index contributed by atoms with van der Waals surface area (Å²) < 4.78 is 12.2. The van der Waals surface area contributed by atoms with Crippen LogP contribution in [-0.2, 0) is 6.61 Å². The number of furan rings is 1. The van der Waals surface area contributed by atoms with Gasteiger partial charge in [-0.2, -0.15) is 0 Å². The van der Waals surface area contributed by atoms with Gasteiger partial charge in [0.25, 0.3) is 5.91 Å². The summed E-state index contributed by atoms with van der Waals surface area (Å²) in [4.78, 5) is 12.1. The number of amides is 1. The Bertz CT molecular complexity index is 669. The van der Waals surface area contributed by atoms with Crippen molar-refractivity contribution in [2.24, 2.45) is 5.92 Å². The van der Waals surface area contributed by atoms with E-state index in [2.05, 4.69) is 26.6 Å². The van der Waals surface area contributed by atoms with Crippen LogP contribution in [0.25, 0.3) is 0 Å². The maximum absolute atomic E-state index is 12.1. The predicted octanol–water partition coefficient (Wildman–Crippen LogP) is 3.77. The van der Waals surface area contributed by atoms with Gasteiger partial charge >= 0.3 is 0 Å². The van der Waals surface area contributed by atoms with E-state index in [0.29, 0.717) is 30.6 Å². The molecule has 3 rings (SSSR count). The lowest BCUT2D eigenvalue weighted by molar-refractivity contribution is 0.0920. The standard InChI is InChI=1S/C18H21BrN2O3.ClH/c19-14-1-3-15(4-2-14)23-12-16-5-6-17(24-16)18(22)21-10-8-13-7-9-20-11-13;/h1-6,13,20H,7-12H2,(H,21,22);1H. The van der Waals surface area contributed by atoms with Gasteiger partial charge in [-0.15, -0.1) is 12.4 Å². The van der Waals surface area contributed by atoms with Crippen molar-refractivity contribution in [1.29, 1.82) is 0 Å². The lowest BCUT2D eigenvalue weighted by Crippen LogP contribution is -2.26. The minimum Gasteiger partial charge on any atom is -0.486 e. The Morgan fingerprint density at radius 3 is 2.80 bits per heavy atom. The average molecular weight is 430 g/mol. The third kappa shape index (κ3) is 6.06. The molecule has 0 bridgehead atoms. The Labute approximate surface area is 162 Å². The first-order valence-corrected chi connectivity index (χ1v) is 8.96. The Kier molecular flexibility index (Phi) is 7.81. The number of carbonyl (C=O) groups is 1. The quantitative estimate of drug-likeness (QED) is 0.703. The Morgan fingerprint density at radius 1 is 1.28 bits per heavy atom. The van der Waals surface area contributed by atoms with Gasteiger partial charge in [0.1, 0.15) is 18.1 Å². The van der Waals surface area contributed by atoms with Crippen molar-refractivity contribution in [2.75, 3.05) is 19.6 Å². The number of halogens is 2. The predicted molar refractivity (Wildman–Crippen MR) is 102 cm³/mol. The first-order chi connectivity index (χ1) is 11.7. The van der Waals surface area contributed by atoms with Gasteiger partial charge in [-0.05, 0) is 68.2 Å². The fraction of sp³-hybridized carbons (Fsp3) is 0.389. The van der Waals surface area contributed by atoms with E-state index in [9.17, 15) is 4.79 Å². The summed E-state index contributed by atoms with van der Waals surface area (Å²) in [6.45, 7) is 3.10. The molecule has 0 saturated carbocycles. The van der Waals surface area contributed by atoms with Crippen LogP contribution in [0.1, 0.15) is 29.2 Å². The van der Waals surface area contributed by atoms with Crippen LogP contribution in [-0.4, -0.2) is 25.5 Å². The van der Waals surface area contributed by atoms with Crippen molar-refractivity contribution in [2.45, 2.75) is 19.4 Å². The van der Waals surface area contributed by atoms with Crippen LogP contribution in [0.15, 0.2) is 45.3 Å². The lowest BCUT2D eigenvalue weighted by atomic mass is 10.1. The van der Waals surface area contributed by atoms with Gasteiger partial charge in [0.2, 0.25) is 0 Å². The maximum Gasteiger partial charge on any atom is 0.286 e. The highest BCUT2D eigenvalue weighted by Gasteiger charge is 2.15. The maximum atomic E-state index is 12.1. The molecule has 0 spiro atoms. The molecule has 7 heteroatoms. The SMILES string of the molecule is Cl.O=C(NCCC1CCNC1)c1ccc(COc2ccc(Br)cc2)o1. The van der Waals surface area contributed by atoms with Gasteiger partial charge in [0.15, 0.2) is 5.76 Å². The van der Waals surface area contributed by atoms with E-state index in [1.807, 2.05) is 24.3 Å². The van der Waals surface area contributed by atoms with E-state index < -0.39 is 0 Å². The average Bonchev–Trinajstić information content (AvgIpc) is 3.26. The first-order valence-electron chi connectivity index (χ1n) is 8.17. The molecule has 2 N–H and O–H groups in total. The van der Waals surface area contributed by atoms with Crippen LogP contribution < -0.4 is 15.4 Å². The number of hydrogen-bond donors (Lipinski definition) is 2. The highest BCUT2D eigenvalue weighted by molar-refractivity contribution is 9.10. The highest BCUT2D eigenvalue weighted by Crippen LogP contribution is 2.18. The molecule has 1 fully saturated rings. The molecule has 0 radical (unpaired) electrons. The molecule has 1 atom stereocenters. The largest absolute Gasteiger partial charge is 0.486 e. The summed E-state index contributed by atoms with van der Waals surface area (Å²) in [5.74, 6) is 2.20. The molecule has 1 amide bonds. The summed E-state index contributed by atoms with van der Waals surface area (Å²) in [5.41, 5.74) is 0. The highest BCUT2D eigenvalue weighted by atomic mass is 79.9. The van der Waals surface area contributed by atoms with E-state index in [4.69, 9.17) is 9.15 Å². The normalized spacial score (nSPS) is 16.3. The van der Waals surface area contributed by atoms with Crippen LogP contribution in [0, 0.1) is 5.92 Å². The summed E-state index contributed by atoms with van der Waals surface area (Å²) in [5, 5.41) is 6.24. The molecular formula is C18H22BrClN2O3. The second-order valence-electron chi connectivity index (χ2n) is 5.91. The van der Waals surface area contributed by atoms with E-state index >= 15 is 0 Å². The summed E-state index contributed by atoms with van der Waals surface area (Å²) in [6.07, 6.45) is 2.19. The third-order valence-corrected chi connectivity index (χ3v) is 4.61. The van der Waals surface area contributed by atoms with Crippen molar-refractivity contribution in [3.63, 3.8) is 0 Å². The van der Waals surface area contributed by atoms with E-state index in [1.165, 1.54) is 6.42 Å². The second-order valence-corrected chi connectivity index (χ2v) is 6.83. The van der Waals surface area contributed by atoms with Gasteiger partial charge in [0.05, 0.1) is 0 Å². The van der Waals surface area contributed by atoms with Crippen LogP contribution in [0.2, 0.25) is 0 Å². The van der Waals surface area contributed by atoms with Gasteiger partial charge in [-0.1, -0.05) is 15.9 Å². The number of benzene rings is 1. The minimum absolute atomic E-state index is 0. The molecule has 2 aromatic rings. The van der Waals surface area contributed by atoms with E-state index in [0.717, 1.165) is 29.7 Å². The molecule has 1 aliphatic rings. The van der Waals surface area contributed by atoms with Gasteiger partial charge < -0.3 is 19.8 Å². The van der Waals surface area contributed by atoms with Crippen LogP contribution in [0.3, 0.4) is 0 Å². The zero-order valence-corrected chi connectivity index (χ0v) is 16.2. The molecule has 1 aliphatic heterocycles. The minimum atomic E-state index is -0.171.